The maximum atomic E-state index is 13.8. The monoisotopic (exact) mass is 636 g/mol. The molecule has 6 rings (SSSR count). The zero-order chi connectivity index (χ0) is 31.2. The molecule has 45 heavy (non-hydrogen) atoms. The molecule has 0 radical (unpaired) electrons. The number of nitrogens with zero attached hydrogens (tertiary/aromatic N) is 5. The first-order valence-corrected chi connectivity index (χ1v) is 16.4. The van der Waals surface area contributed by atoms with Gasteiger partial charge >= 0.3 is 0 Å². The summed E-state index contributed by atoms with van der Waals surface area (Å²) < 4.78 is 7.14. The molecule has 0 unspecified atom stereocenters. The van der Waals surface area contributed by atoms with Gasteiger partial charge in [0.15, 0.2) is 11.0 Å². The van der Waals surface area contributed by atoms with Crippen LogP contribution in [0.2, 0.25) is 0 Å². The molecule has 11 heteroatoms. The first-order valence-electron chi connectivity index (χ1n) is 14.5. The summed E-state index contributed by atoms with van der Waals surface area (Å²) in [5.74, 6) is 1.06. The second-order valence-corrected chi connectivity index (χ2v) is 12.5. The Labute approximate surface area is 270 Å². The van der Waals surface area contributed by atoms with E-state index in [1.165, 1.54) is 17.3 Å². The van der Waals surface area contributed by atoms with Crippen molar-refractivity contribution in [3.8, 4) is 5.75 Å². The van der Waals surface area contributed by atoms with Gasteiger partial charge in [0.2, 0.25) is 0 Å². The zero-order valence-electron chi connectivity index (χ0n) is 24.9. The van der Waals surface area contributed by atoms with Crippen LogP contribution >= 0.6 is 23.1 Å². The summed E-state index contributed by atoms with van der Waals surface area (Å²) in [5.41, 5.74) is 4.70. The van der Waals surface area contributed by atoms with Gasteiger partial charge < -0.3 is 14.6 Å². The lowest BCUT2D eigenvalue weighted by Crippen LogP contribution is -2.28. The van der Waals surface area contributed by atoms with Gasteiger partial charge in [-0.15, -0.1) is 21.5 Å². The number of carbonyl (C=O) groups excluding carboxylic acids is 2. The summed E-state index contributed by atoms with van der Waals surface area (Å²) in [6.45, 7) is 2.72. The summed E-state index contributed by atoms with van der Waals surface area (Å²) in [7, 11) is 1.58. The van der Waals surface area contributed by atoms with Crippen molar-refractivity contribution in [2.45, 2.75) is 37.6 Å². The predicted octanol–water partition coefficient (Wildman–Crippen LogP) is 6.10. The van der Waals surface area contributed by atoms with Gasteiger partial charge in [-0.25, -0.2) is 5.01 Å². The molecule has 0 saturated heterocycles. The van der Waals surface area contributed by atoms with E-state index in [1.807, 2.05) is 52.4 Å². The minimum absolute atomic E-state index is 0.110. The molecule has 228 valence electrons. The number of carbonyl (C=O) groups is 2. The van der Waals surface area contributed by atoms with E-state index >= 15 is 0 Å². The van der Waals surface area contributed by atoms with E-state index in [9.17, 15) is 9.59 Å². The summed E-state index contributed by atoms with van der Waals surface area (Å²) in [6, 6.07) is 29.0. The summed E-state index contributed by atoms with van der Waals surface area (Å²) in [5, 5.41) is 20.8. The highest BCUT2D eigenvalue weighted by Gasteiger charge is 2.33. The number of hydrogen-bond donors (Lipinski definition) is 1. The van der Waals surface area contributed by atoms with Crippen LogP contribution < -0.4 is 10.1 Å². The molecule has 0 spiro atoms. The van der Waals surface area contributed by atoms with Crippen molar-refractivity contribution >= 4 is 40.6 Å². The number of rotatable bonds is 11. The molecular formula is C34H32N6O3S2. The molecular weight excluding hydrogens is 605 g/mol. The Balaban J connectivity index is 1.20. The van der Waals surface area contributed by atoms with Crippen LogP contribution in [0.15, 0.2) is 107 Å². The Kier molecular flexibility index (Phi) is 9.37. The topological polar surface area (TPSA) is 102 Å². The SMILES string of the molecule is COc1ccc(C(=O)NCc2nnc(SCC(=O)N3N=C(c4cccs4)C[C@H]3c3ccc(C)cc3)n2Cc2ccccc2)cc1. The third kappa shape index (κ3) is 7.16. The minimum atomic E-state index is -0.230. The van der Waals surface area contributed by atoms with Gasteiger partial charge in [0, 0.05) is 12.0 Å². The molecule has 0 bridgehead atoms. The molecule has 5 aromatic rings. The minimum Gasteiger partial charge on any atom is -0.497 e. The molecule has 3 aromatic carbocycles. The van der Waals surface area contributed by atoms with Crippen molar-refractivity contribution in [3.63, 3.8) is 0 Å². The van der Waals surface area contributed by atoms with Crippen molar-refractivity contribution in [3.05, 3.63) is 129 Å². The molecule has 1 aliphatic heterocycles. The number of ether oxygens (including phenoxy) is 1. The van der Waals surface area contributed by atoms with Crippen molar-refractivity contribution in [1.29, 1.82) is 0 Å². The average Bonchev–Trinajstić information content (AvgIpc) is 3.84. The van der Waals surface area contributed by atoms with E-state index in [0.717, 1.165) is 21.7 Å². The third-order valence-corrected chi connectivity index (χ3v) is 9.36. The smallest absolute Gasteiger partial charge is 0.253 e. The lowest BCUT2D eigenvalue weighted by molar-refractivity contribution is -0.130. The first kappa shape index (κ1) is 30.3. The van der Waals surface area contributed by atoms with Crippen molar-refractivity contribution in [2.75, 3.05) is 12.9 Å². The van der Waals surface area contributed by atoms with E-state index in [-0.39, 0.29) is 30.2 Å². The van der Waals surface area contributed by atoms with Gasteiger partial charge in [-0.05, 0) is 53.8 Å². The average molecular weight is 637 g/mol. The molecule has 3 heterocycles. The number of aromatic nitrogens is 3. The third-order valence-electron chi connectivity index (χ3n) is 7.49. The van der Waals surface area contributed by atoms with Crippen molar-refractivity contribution in [1.82, 2.24) is 25.1 Å². The van der Waals surface area contributed by atoms with Crippen LogP contribution in [0.4, 0.5) is 0 Å². The molecule has 0 aliphatic carbocycles. The van der Waals surface area contributed by atoms with Crippen LogP contribution in [0.3, 0.4) is 0 Å². The molecule has 0 fully saturated rings. The van der Waals surface area contributed by atoms with Gasteiger partial charge in [-0.1, -0.05) is 78.0 Å². The molecule has 0 saturated carbocycles. The van der Waals surface area contributed by atoms with Crippen molar-refractivity contribution < 1.29 is 14.3 Å². The number of benzene rings is 3. The Morgan fingerprint density at radius 3 is 2.47 bits per heavy atom. The molecule has 2 amide bonds. The van der Waals surface area contributed by atoms with Crippen LogP contribution in [0.1, 0.15) is 50.2 Å². The fourth-order valence-corrected chi connectivity index (χ4v) is 6.59. The predicted molar refractivity (Wildman–Crippen MR) is 177 cm³/mol. The number of amides is 2. The van der Waals surface area contributed by atoms with E-state index in [2.05, 4.69) is 46.7 Å². The van der Waals surface area contributed by atoms with E-state index in [1.54, 1.807) is 47.7 Å². The van der Waals surface area contributed by atoms with E-state index in [4.69, 9.17) is 9.84 Å². The number of thioether (sulfide) groups is 1. The van der Waals surface area contributed by atoms with Gasteiger partial charge in [0.25, 0.3) is 11.8 Å². The number of thiophene rings is 1. The maximum absolute atomic E-state index is 13.8. The fraction of sp³-hybridized carbons (Fsp3) is 0.206. The standard InChI is InChI=1S/C34H32N6O3S2/c1-23-10-12-25(13-11-23)29-19-28(30-9-6-18-44-30)38-40(29)32(41)22-45-34-37-36-31(39(34)21-24-7-4-3-5-8-24)20-35-33(42)26-14-16-27(43-2)17-15-26/h3-18,29H,19-22H2,1-2H3,(H,35,42)/t29-/m0/s1. The highest BCUT2D eigenvalue weighted by molar-refractivity contribution is 7.99. The molecule has 1 N–H and O–H groups in total. The van der Waals surface area contributed by atoms with Crippen LogP contribution in [0.25, 0.3) is 0 Å². The number of nitrogens with one attached hydrogen (secondary N) is 1. The molecule has 1 aliphatic rings. The van der Waals surface area contributed by atoms with E-state index < -0.39 is 0 Å². The molecule has 9 nitrogen and oxygen atoms in total. The Bertz CT molecular complexity index is 1790. The number of hydrazone groups is 1. The first-order chi connectivity index (χ1) is 22.0. The maximum Gasteiger partial charge on any atom is 0.253 e. The van der Waals surface area contributed by atoms with Crippen LogP contribution in [0.5, 0.6) is 5.75 Å². The molecule has 2 aromatic heterocycles. The number of hydrogen-bond acceptors (Lipinski definition) is 8. The number of methoxy groups -OCH3 is 1. The lowest BCUT2D eigenvalue weighted by Gasteiger charge is -2.22. The fourth-order valence-electron chi connectivity index (χ4n) is 5.06. The Morgan fingerprint density at radius 1 is 0.978 bits per heavy atom. The van der Waals surface area contributed by atoms with Crippen LogP contribution in [-0.2, 0) is 17.9 Å². The van der Waals surface area contributed by atoms with Crippen LogP contribution in [0, 0.1) is 6.92 Å². The normalized spacial score (nSPS) is 14.3. The van der Waals surface area contributed by atoms with E-state index in [0.29, 0.717) is 35.3 Å². The van der Waals surface area contributed by atoms with Gasteiger partial charge in [-0.2, -0.15) is 5.10 Å². The summed E-state index contributed by atoms with van der Waals surface area (Å²) in [6.07, 6.45) is 0.655. The van der Waals surface area contributed by atoms with Gasteiger partial charge in [0.1, 0.15) is 5.75 Å². The molecule has 1 atom stereocenters. The largest absolute Gasteiger partial charge is 0.497 e. The van der Waals surface area contributed by atoms with Crippen molar-refractivity contribution in [2.24, 2.45) is 5.10 Å². The van der Waals surface area contributed by atoms with Gasteiger partial charge in [0.05, 0.1) is 42.6 Å². The van der Waals surface area contributed by atoms with Crippen LogP contribution in [-0.4, -0.2) is 50.2 Å². The second-order valence-electron chi connectivity index (χ2n) is 10.6. The number of aryl methyl sites for hydroxylation is 1. The highest BCUT2D eigenvalue weighted by Crippen LogP contribution is 2.35. The zero-order valence-corrected chi connectivity index (χ0v) is 26.6. The lowest BCUT2D eigenvalue weighted by atomic mass is 10.00. The van der Waals surface area contributed by atoms with Gasteiger partial charge in [-0.3, -0.25) is 9.59 Å². The second kappa shape index (κ2) is 13.9. The Morgan fingerprint density at radius 2 is 1.76 bits per heavy atom. The highest BCUT2D eigenvalue weighted by atomic mass is 32.2. The summed E-state index contributed by atoms with van der Waals surface area (Å²) >= 11 is 2.95. The summed E-state index contributed by atoms with van der Waals surface area (Å²) in [4.78, 5) is 27.7. The Hall–Kier alpha value is -4.74. The quantitative estimate of drug-likeness (QED) is 0.176.